The number of hydrogen-bond acceptors (Lipinski definition) is 6. The molecule has 7 nitrogen and oxygen atoms in total. The third-order valence-electron chi connectivity index (χ3n) is 3.19. The van der Waals surface area contributed by atoms with Gasteiger partial charge >= 0.3 is 5.69 Å². The Morgan fingerprint density at radius 1 is 1.61 bits per heavy atom. The molecule has 1 atom stereocenters. The van der Waals surface area contributed by atoms with Gasteiger partial charge < -0.3 is 15.1 Å². The smallest absolute Gasteiger partial charge is 0.316 e. The Kier molecular flexibility index (Phi) is 3.63. The van der Waals surface area contributed by atoms with Crippen LogP contribution < -0.4 is 16.2 Å². The van der Waals surface area contributed by atoms with E-state index < -0.39 is 4.92 Å². The molecule has 3 N–H and O–H groups in total. The van der Waals surface area contributed by atoms with Crippen molar-refractivity contribution in [3.8, 4) is 0 Å². The molecule has 1 aromatic carbocycles. The van der Waals surface area contributed by atoms with Gasteiger partial charge in [-0.25, -0.2) is 0 Å². The van der Waals surface area contributed by atoms with E-state index >= 15 is 0 Å². The zero-order chi connectivity index (χ0) is 13.1. The average Bonchev–Trinajstić information content (AvgIpc) is 2.90. The minimum Gasteiger partial charge on any atom is -0.379 e. The lowest BCUT2D eigenvalue weighted by Gasteiger charge is -2.25. The molecular weight excluding hydrogens is 236 g/mol. The van der Waals surface area contributed by atoms with Crippen LogP contribution in [0.2, 0.25) is 0 Å². The van der Waals surface area contributed by atoms with Crippen LogP contribution in [0.25, 0.3) is 0 Å². The highest BCUT2D eigenvalue weighted by Gasteiger charge is 2.27. The number of nitro groups is 1. The molecule has 1 aliphatic rings. The van der Waals surface area contributed by atoms with Crippen molar-refractivity contribution in [2.75, 3.05) is 30.6 Å². The van der Waals surface area contributed by atoms with Crippen LogP contribution in [0.5, 0.6) is 0 Å². The largest absolute Gasteiger partial charge is 0.379 e. The molecular formula is C11H16N4O3. The topological polar surface area (TPSA) is 93.7 Å². The summed E-state index contributed by atoms with van der Waals surface area (Å²) in [4.78, 5) is 12.6. The first-order valence-electron chi connectivity index (χ1n) is 5.69. The summed E-state index contributed by atoms with van der Waals surface area (Å²) in [6.45, 7) is 1.28. The molecule has 0 aliphatic carbocycles. The summed E-state index contributed by atoms with van der Waals surface area (Å²) >= 11 is 0. The van der Waals surface area contributed by atoms with E-state index in [0.717, 1.165) is 6.42 Å². The maximum atomic E-state index is 11.2. The zero-order valence-corrected chi connectivity index (χ0v) is 10.1. The quantitative estimate of drug-likeness (QED) is 0.473. The van der Waals surface area contributed by atoms with Crippen LogP contribution >= 0.6 is 0 Å². The third-order valence-corrected chi connectivity index (χ3v) is 3.19. The second-order valence-corrected chi connectivity index (χ2v) is 4.20. The number of nitrogen functional groups attached to an aromatic ring is 1. The fourth-order valence-electron chi connectivity index (χ4n) is 2.15. The lowest BCUT2D eigenvalue weighted by molar-refractivity contribution is -0.383. The van der Waals surface area contributed by atoms with E-state index in [-0.39, 0.29) is 11.7 Å². The van der Waals surface area contributed by atoms with E-state index in [1.54, 1.807) is 18.2 Å². The van der Waals surface area contributed by atoms with Crippen molar-refractivity contribution in [1.82, 2.24) is 0 Å². The van der Waals surface area contributed by atoms with Gasteiger partial charge in [0, 0.05) is 13.7 Å². The Morgan fingerprint density at radius 3 is 2.94 bits per heavy atom. The summed E-state index contributed by atoms with van der Waals surface area (Å²) < 4.78 is 5.30. The van der Waals surface area contributed by atoms with Gasteiger partial charge in [-0.05, 0) is 18.6 Å². The highest BCUT2D eigenvalue weighted by Crippen LogP contribution is 2.36. The van der Waals surface area contributed by atoms with Crippen molar-refractivity contribution in [2.45, 2.75) is 12.5 Å². The van der Waals surface area contributed by atoms with Gasteiger partial charge in [0.1, 0.15) is 11.4 Å². The molecule has 0 amide bonds. The number of nitrogens with one attached hydrogen (secondary N) is 1. The number of nitrogens with two attached hydrogens (primary N) is 1. The van der Waals surface area contributed by atoms with Crippen LogP contribution in [-0.4, -0.2) is 31.2 Å². The number of nitrogens with zero attached hydrogens (tertiary/aromatic N) is 2. The van der Waals surface area contributed by atoms with Crippen LogP contribution in [0.4, 0.5) is 17.1 Å². The van der Waals surface area contributed by atoms with Gasteiger partial charge in [0.15, 0.2) is 0 Å². The van der Waals surface area contributed by atoms with E-state index in [2.05, 4.69) is 5.43 Å². The van der Waals surface area contributed by atoms with Crippen LogP contribution in [0.3, 0.4) is 0 Å². The van der Waals surface area contributed by atoms with E-state index in [9.17, 15) is 10.1 Å². The number of ether oxygens (including phenoxy) is 1. The normalized spacial score (nSPS) is 18.7. The van der Waals surface area contributed by atoms with Crippen LogP contribution in [0.1, 0.15) is 6.42 Å². The molecule has 0 spiro atoms. The van der Waals surface area contributed by atoms with Crippen LogP contribution in [-0.2, 0) is 4.74 Å². The first kappa shape index (κ1) is 12.6. The first-order chi connectivity index (χ1) is 8.65. The number of nitro benzene ring substituents is 1. The number of likely N-dealkylation sites (N-methyl/N-ethyl adjacent to an activating group) is 1. The second kappa shape index (κ2) is 5.19. The van der Waals surface area contributed by atoms with E-state index in [1.165, 1.54) is 0 Å². The molecule has 18 heavy (non-hydrogen) atoms. The highest BCUT2D eigenvalue weighted by atomic mass is 16.6. The Balaban J connectivity index is 2.39. The summed E-state index contributed by atoms with van der Waals surface area (Å²) in [5.41, 5.74) is 3.21. The number of anilines is 2. The van der Waals surface area contributed by atoms with Gasteiger partial charge in [-0.3, -0.25) is 16.0 Å². The molecule has 0 aromatic heterocycles. The lowest BCUT2D eigenvalue weighted by atomic mass is 10.1. The summed E-state index contributed by atoms with van der Waals surface area (Å²) in [5.74, 6) is 5.31. The minimum absolute atomic E-state index is 0.00519. The molecule has 0 saturated carbocycles. The fourth-order valence-corrected chi connectivity index (χ4v) is 2.15. The van der Waals surface area contributed by atoms with Gasteiger partial charge in [0.25, 0.3) is 0 Å². The average molecular weight is 252 g/mol. The number of hydrazine groups is 1. The van der Waals surface area contributed by atoms with Crippen molar-refractivity contribution in [3.05, 3.63) is 28.3 Å². The highest BCUT2D eigenvalue weighted by molar-refractivity contribution is 5.76. The Hall–Kier alpha value is -1.86. The summed E-state index contributed by atoms with van der Waals surface area (Å²) in [6, 6.07) is 5.21. The van der Waals surface area contributed by atoms with Crippen LogP contribution in [0, 0.1) is 10.1 Å². The van der Waals surface area contributed by atoms with E-state index in [4.69, 9.17) is 10.6 Å². The van der Waals surface area contributed by atoms with Gasteiger partial charge in [-0.15, -0.1) is 0 Å². The Morgan fingerprint density at radius 2 is 2.39 bits per heavy atom. The molecule has 7 heteroatoms. The predicted molar refractivity (Wildman–Crippen MR) is 68.5 cm³/mol. The Labute approximate surface area is 105 Å². The second-order valence-electron chi connectivity index (χ2n) is 4.20. The molecule has 1 heterocycles. The maximum Gasteiger partial charge on any atom is 0.316 e. The van der Waals surface area contributed by atoms with Crippen molar-refractivity contribution in [3.63, 3.8) is 0 Å². The Bertz CT molecular complexity index is 446. The van der Waals surface area contributed by atoms with Crippen molar-refractivity contribution in [1.29, 1.82) is 0 Å². The minimum atomic E-state index is -0.420. The lowest BCUT2D eigenvalue weighted by Crippen LogP contribution is -2.32. The summed E-state index contributed by atoms with van der Waals surface area (Å²) in [7, 11) is 1.84. The SMILES string of the molecule is CN(c1cccc(NN)c1[N+](=O)[O-])C1CCOC1. The maximum absolute atomic E-state index is 11.2. The van der Waals surface area contributed by atoms with Gasteiger partial charge in [0.2, 0.25) is 0 Å². The number of para-hydroxylation sites is 1. The third kappa shape index (κ3) is 2.22. The monoisotopic (exact) mass is 252 g/mol. The first-order valence-corrected chi connectivity index (χ1v) is 5.69. The summed E-state index contributed by atoms with van der Waals surface area (Å²) in [5, 5.41) is 11.2. The molecule has 1 fully saturated rings. The van der Waals surface area contributed by atoms with Crippen molar-refractivity contribution in [2.24, 2.45) is 5.84 Å². The standard InChI is InChI=1S/C11H16N4O3/c1-14(8-5-6-18-7-8)10-4-2-3-9(13-12)11(10)15(16)17/h2-4,8,13H,5-7,12H2,1H3. The molecule has 0 radical (unpaired) electrons. The van der Waals surface area contributed by atoms with E-state index in [1.807, 2.05) is 11.9 Å². The number of rotatable bonds is 4. The van der Waals surface area contributed by atoms with Gasteiger partial charge in [0.05, 0.1) is 17.6 Å². The zero-order valence-electron chi connectivity index (χ0n) is 10.1. The molecule has 1 aromatic rings. The van der Waals surface area contributed by atoms with E-state index in [0.29, 0.717) is 24.6 Å². The molecule has 1 aliphatic heterocycles. The number of hydrogen-bond donors (Lipinski definition) is 2. The predicted octanol–water partition coefficient (Wildman–Crippen LogP) is 1.11. The van der Waals surface area contributed by atoms with Gasteiger partial charge in [-0.1, -0.05) is 6.07 Å². The van der Waals surface area contributed by atoms with Gasteiger partial charge in [-0.2, -0.15) is 0 Å². The molecule has 1 saturated heterocycles. The molecule has 1 unspecified atom stereocenters. The fraction of sp³-hybridized carbons (Fsp3) is 0.455. The van der Waals surface area contributed by atoms with Crippen molar-refractivity contribution < 1.29 is 9.66 Å². The van der Waals surface area contributed by atoms with Crippen LogP contribution in [0.15, 0.2) is 18.2 Å². The molecule has 98 valence electrons. The molecule has 0 bridgehead atoms. The number of benzene rings is 1. The molecule has 2 rings (SSSR count). The summed E-state index contributed by atoms with van der Waals surface area (Å²) in [6.07, 6.45) is 0.869. The van der Waals surface area contributed by atoms with Crippen molar-refractivity contribution >= 4 is 17.1 Å².